The topological polar surface area (TPSA) is 26.3 Å². The van der Waals surface area contributed by atoms with Crippen LogP contribution in [0.3, 0.4) is 0 Å². The maximum Gasteiger partial charge on any atom is 0.334 e. The summed E-state index contributed by atoms with van der Waals surface area (Å²) < 4.78 is 5.26. The Kier molecular flexibility index (Phi) is 1.91. The van der Waals surface area contributed by atoms with E-state index in [0.717, 1.165) is 18.4 Å². The van der Waals surface area contributed by atoms with E-state index in [0.29, 0.717) is 5.92 Å². The fourth-order valence-corrected chi connectivity index (χ4v) is 2.28. The summed E-state index contributed by atoms with van der Waals surface area (Å²) in [7, 11) is 0. The van der Waals surface area contributed by atoms with E-state index >= 15 is 0 Å². The minimum atomic E-state index is -0.0746. The lowest BCUT2D eigenvalue weighted by atomic mass is 9.83. The van der Waals surface area contributed by atoms with Gasteiger partial charge in [-0.05, 0) is 26.2 Å². The Hall–Kier alpha value is -0.790. The zero-order valence-corrected chi connectivity index (χ0v) is 7.38. The fourth-order valence-electron chi connectivity index (χ4n) is 2.28. The van der Waals surface area contributed by atoms with E-state index in [9.17, 15) is 4.79 Å². The minimum Gasteiger partial charge on any atom is -0.458 e. The van der Waals surface area contributed by atoms with Crippen LogP contribution < -0.4 is 0 Å². The predicted octanol–water partition coefficient (Wildman–Crippen LogP) is 2.05. The van der Waals surface area contributed by atoms with E-state index in [1.807, 2.05) is 13.0 Å². The molecule has 66 valence electrons. The van der Waals surface area contributed by atoms with Crippen LogP contribution in [0.15, 0.2) is 11.6 Å². The van der Waals surface area contributed by atoms with Crippen molar-refractivity contribution in [2.45, 2.75) is 38.7 Å². The van der Waals surface area contributed by atoms with Crippen molar-refractivity contribution < 1.29 is 9.53 Å². The summed E-state index contributed by atoms with van der Waals surface area (Å²) >= 11 is 0. The average molecular weight is 166 g/mol. The summed E-state index contributed by atoms with van der Waals surface area (Å²) in [6.07, 6.45) is 6.78. The smallest absolute Gasteiger partial charge is 0.334 e. The molecule has 0 aromatic rings. The summed E-state index contributed by atoms with van der Waals surface area (Å²) in [5.74, 6) is 0.339. The number of esters is 1. The van der Waals surface area contributed by atoms with Crippen LogP contribution in [0.2, 0.25) is 0 Å². The van der Waals surface area contributed by atoms with Gasteiger partial charge in [0.15, 0.2) is 0 Å². The number of rotatable bonds is 0. The normalized spacial score (nSPS) is 38.1. The standard InChI is InChI=1S/C10H14O2/c1-2-7-8-5-3-4-6-9(8)12-10(7)11/h2,8-9H,3-6H2,1H3/t8-,9+/m0/s1. The lowest BCUT2D eigenvalue weighted by molar-refractivity contribution is -0.139. The SMILES string of the molecule is CC=C1C(=O)O[C@@H]2CCCC[C@@H]12. The molecule has 2 heteroatoms. The molecule has 2 fully saturated rings. The van der Waals surface area contributed by atoms with Crippen molar-refractivity contribution in [1.82, 2.24) is 0 Å². The average Bonchev–Trinajstić information content (AvgIpc) is 2.40. The molecule has 2 atom stereocenters. The molecule has 0 aromatic carbocycles. The second-order valence-electron chi connectivity index (χ2n) is 3.58. The lowest BCUT2D eigenvalue weighted by Gasteiger charge is -2.22. The van der Waals surface area contributed by atoms with E-state index in [1.165, 1.54) is 12.8 Å². The molecule has 0 aromatic heterocycles. The van der Waals surface area contributed by atoms with E-state index in [-0.39, 0.29) is 12.1 Å². The highest BCUT2D eigenvalue weighted by molar-refractivity contribution is 5.91. The summed E-state index contributed by atoms with van der Waals surface area (Å²) in [6.45, 7) is 1.92. The van der Waals surface area contributed by atoms with E-state index in [4.69, 9.17) is 4.74 Å². The van der Waals surface area contributed by atoms with Crippen LogP contribution in [0.1, 0.15) is 32.6 Å². The Morgan fingerprint density at radius 1 is 1.42 bits per heavy atom. The molecule has 12 heavy (non-hydrogen) atoms. The van der Waals surface area contributed by atoms with E-state index < -0.39 is 0 Å². The third-order valence-electron chi connectivity index (χ3n) is 2.91. The second-order valence-corrected chi connectivity index (χ2v) is 3.58. The van der Waals surface area contributed by atoms with Gasteiger partial charge in [0.25, 0.3) is 0 Å². The lowest BCUT2D eigenvalue weighted by Crippen LogP contribution is -2.20. The number of carbonyl (C=O) groups excluding carboxylic acids is 1. The molecule has 1 aliphatic carbocycles. The Bertz CT molecular complexity index is 230. The third-order valence-corrected chi connectivity index (χ3v) is 2.91. The first kappa shape index (κ1) is 7.84. The van der Waals surface area contributed by atoms with Crippen LogP contribution in [0.4, 0.5) is 0 Å². The first-order chi connectivity index (χ1) is 5.83. The van der Waals surface area contributed by atoms with Crippen molar-refractivity contribution in [3.8, 4) is 0 Å². The van der Waals surface area contributed by atoms with Crippen molar-refractivity contribution in [2.75, 3.05) is 0 Å². The molecule has 0 spiro atoms. The summed E-state index contributed by atoms with van der Waals surface area (Å²) in [6, 6.07) is 0. The van der Waals surface area contributed by atoms with Crippen LogP contribution in [0.5, 0.6) is 0 Å². The molecule has 0 unspecified atom stereocenters. The highest BCUT2D eigenvalue weighted by Crippen LogP contribution is 2.38. The molecule has 1 heterocycles. The van der Waals surface area contributed by atoms with Crippen LogP contribution in [-0.2, 0) is 9.53 Å². The van der Waals surface area contributed by atoms with Gasteiger partial charge in [-0.25, -0.2) is 4.79 Å². The van der Waals surface area contributed by atoms with Gasteiger partial charge in [-0.1, -0.05) is 12.5 Å². The summed E-state index contributed by atoms with van der Waals surface area (Å²) in [4.78, 5) is 11.3. The highest BCUT2D eigenvalue weighted by atomic mass is 16.6. The molecule has 0 amide bonds. The fraction of sp³-hybridized carbons (Fsp3) is 0.700. The first-order valence-electron chi connectivity index (χ1n) is 4.70. The van der Waals surface area contributed by atoms with Crippen molar-refractivity contribution in [3.63, 3.8) is 0 Å². The molecule has 2 rings (SSSR count). The minimum absolute atomic E-state index is 0.0746. The van der Waals surface area contributed by atoms with Crippen LogP contribution in [0.25, 0.3) is 0 Å². The third kappa shape index (κ3) is 1.06. The molecule has 0 N–H and O–H groups in total. The molecular weight excluding hydrogens is 152 g/mol. The van der Waals surface area contributed by atoms with Crippen molar-refractivity contribution in [1.29, 1.82) is 0 Å². The molecule has 2 aliphatic rings. The van der Waals surface area contributed by atoms with Crippen LogP contribution in [0, 0.1) is 5.92 Å². The Labute approximate surface area is 72.6 Å². The number of allylic oxidation sites excluding steroid dienone is 1. The molecule has 0 radical (unpaired) electrons. The van der Waals surface area contributed by atoms with Gasteiger partial charge in [0, 0.05) is 11.5 Å². The number of ether oxygens (including phenoxy) is 1. The molecule has 1 aliphatic heterocycles. The van der Waals surface area contributed by atoms with Gasteiger partial charge >= 0.3 is 5.97 Å². The Morgan fingerprint density at radius 3 is 2.92 bits per heavy atom. The molecule has 1 saturated carbocycles. The molecule has 2 nitrogen and oxygen atoms in total. The van der Waals surface area contributed by atoms with Gasteiger partial charge in [-0.3, -0.25) is 0 Å². The predicted molar refractivity (Wildman–Crippen MR) is 45.6 cm³/mol. The number of hydrogen-bond donors (Lipinski definition) is 0. The summed E-state index contributed by atoms with van der Waals surface area (Å²) in [5, 5.41) is 0. The number of hydrogen-bond acceptors (Lipinski definition) is 2. The number of fused-ring (bicyclic) bond motifs is 1. The Morgan fingerprint density at radius 2 is 2.17 bits per heavy atom. The van der Waals surface area contributed by atoms with Crippen molar-refractivity contribution in [3.05, 3.63) is 11.6 Å². The number of carbonyl (C=O) groups is 1. The van der Waals surface area contributed by atoms with Gasteiger partial charge in [-0.2, -0.15) is 0 Å². The molecule has 0 bridgehead atoms. The van der Waals surface area contributed by atoms with Crippen molar-refractivity contribution >= 4 is 5.97 Å². The second kappa shape index (κ2) is 2.92. The highest BCUT2D eigenvalue weighted by Gasteiger charge is 2.40. The molecular formula is C10H14O2. The van der Waals surface area contributed by atoms with Gasteiger partial charge in [0.2, 0.25) is 0 Å². The van der Waals surface area contributed by atoms with Crippen molar-refractivity contribution in [2.24, 2.45) is 5.92 Å². The van der Waals surface area contributed by atoms with Gasteiger partial charge < -0.3 is 4.74 Å². The summed E-state index contributed by atoms with van der Waals surface area (Å²) in [5.41, 5.74) is 0.916. The van der Waals surface area contributed by atoms with Gasteiger partial charge in [0.05, 0.1) is 0 Å². The van der Waals surface area contributed by atoms with Gasteiger partial charge in [-0.15, -0.1) is 0 Å². The zero-order valence-electron chi connectivity index (χ0n) is 7.38. The van der Waals surface area contributed by atoms with Crippen LogP contribution in [-0.4, -0.2) is 12.1 Å². The first-order valence-corrected chi connectivity index (χ1v) is 4.70. The van der Waals surface area contributed by atoms with E-state index in [2.05, 4.69) is 0 Å². The van der Waals surface area contributed by atoms with E-state index in [1.54, 1.807) is 0 Å². The largest absolute Gasteiger partial charge is 0.458 e. The van der Waals surface area contributed by atoms with Gasteiger partial charge in [0.1, 0.15) is 6.10 Å². The maximum atomic E-state index is 11.3. The zero-order chi connectivity index (χ0) is 8.55. The van der Waals surface area contributed by atoms with Crippen LogP contribution >= 0.6 is 0 Å². The quantitative estimate of drug-likeness (QED) is 0.406. The monoisotopic (exact) mass is 166 g/mol. The maximum absolute atomic E-state index is 11.3. The molecule has 1 saturated heterocycles. The Balaban J connectivity index is 2.21.